The summed E-state index contributed by atoms with van der Waals surface area (Å²) in [5.74, 6) is -0.409. The summed E-state index contributed by atoms with van der Waals surface area (Å²) < 4.78 is 14.6. The van der Waals surface area contributed by atoms with Crippen LogP contribution in [0.5, 0.6) is 0 Å². The molecular weight excluding hydrogens is 265 g/mol. The smallest absolute Gasteiger partial charge is 0.268 e. The normalized spacial score (nSPS) is 10.8. The van der Waals surface area contributed by atoms with Crippen LogP contribution in [0.15, 0.2) is 58.1 Å². The fourth-order valence-corrected chi connectivity index (χ4v) is 2.77. The Morgan fingerprint density at radius 1 is 0.947 bits per heavy atom. The largest absolute Gasteiger partial charge is 0.315 e. The van der Waals surface area contributed by atoms with E-state index in [9.17, 15) is 14.0 Å². The molecule has 3 nitrogen and oxygen atoms in total. The van der Waals surface area contributed by atoms with Crippen molar-refractivity contribution in [2.75, 3.05) is 0 Å². The van der Waals surface area contributed by atoms with Gasteiger partial charge in [0.2, 0.25) is 0 Å². The van der Waals surface area contributed by atoms with Crippen molar-refractivity contribution in [1.82, 2.24) is 4.57 Å². The van der Waals surface area contributed by atoms with Gasteiger partial charge >= 0.3 is 4.87 Å². The number of rotatable bonds is 1. The third kappa shape index (κ3) is 1.98. The topological polar surface area (TPSA) is 39.1 Å². The molecular formula is C14H8FNO2S. The molecule has 0 aliphatic carbocycles. The summed E-state index contributed by atoms with van der Waals surface area (Å²) in [7, 11) is 0. The standard InChI is InChI=1S/C14H8FNO2S/c15-9-5-7-10(8-6-9)16-13(17)11-3-1-2-4-12(11)19-14(16)18/h1-8H. The number of fused-ring (bicyclic) bond motifs is 1. The van der Waals surface area contributed by atoms with Gasteiger partial charge in [-0.25, -0.2) is 8.96 Å². The summed E-state index contributed by atoms with van der Waals surface area (Å²) in [6.45, 7) is 0. The third-order valence-corrected chi connectivity index (χ3v) is 3.72. The molecule has 0 unspecified atom stereocenters. The van der Waals surface area contributed by atoms with Gasteiger partial charge in [-0.15, -0.1) is 0 Å². The van der Waals surface area contributed by atoms with Crippen molar-refractivity contribution in [3.8, 4) is 5.69 Å². The van der Waals surface area contributed by atoms with Gasteiger partial charge < -0.3 is 0 Å². The summed E-state index contributed by atoms with van der Waals surface area (Å²) in [6.07, 6.45) is 0. The van der Waals surface area contributed by atoms with Crippen molar-refractivity contribution >= 4 is 21.4 Å². The van der Waals surface area contributed by atoms with E-state index in [0.29, 0.717) is 15.8 Å². The average Bonchev–Trinajstić information content (AvgIpc) is 2.41. The second-order valence-corrected chi connectivity index (χ2v) is 4.97. The minimum Gasteiger partial charge on any atom is -0.268 e. The third-order valence-electron chi connectivity index (χ3n) is 2.79. The first-order valence-corrected chi connectivity index (χ1v) is 6.39. The second-order valence-electron chi connectivity index (χ2n) is 3.98. The molecule has 0 spiro atoms. The summed E-state index contributed by atoms with van der Waals surface area (Å²) >= 11 is 0.995. The van der Waals surface area contributed by atoms with Crippen LogP contribution in [0.4, 0.5) is 4.39 Å². The van der Waals surface area contributed by atoms with E-state index < -0.39 is 5.82 Å². The lowest BCUT2D eigenvalue weighted by atomic mass is 10.2. The number of hydrogen-bond donors (Lipinski definition) is 0. The predicted octanol–water partition coefficient (Wildman–Crippen LogP) is 2.55. The molecule has 5 heteroatoms. The van der Waals surface area contributed by atoms with E-state index in [1.165, 1.54) is 24.3 Å². The minimum absolute atomic E-state index is 0.374. The number of aromatic nitrogens is 1. The Kier molecular flexibility index (Phi) is 2.76. The highest BCUT2D eigenvalue weighted by molar-refractivity contribution is 7.16. The zero-order chi connectivity index (χ0) is 13.4. The van der Waals surface area contributed by atoms with Crippen LogP contribution in [0, 0.1) is 5.82 Å². The molecule has 0 saturated carbocycles. The van der Waals surface area contributed by atoms with Gasteiger partial charge in [-0.1, -0.05) is 23.5 Å². The van der Waals surface area contributed by atoms with Crippen LogP contribution >= 0.6 is 11.3 Å². The van der Waals surface area contributed by atoms with Crippen molar-refractivity contribution in [1.29, 1.82) is 0 Å². The van der Waals surface area contributed by atoms with Crippen molar-refractivity contribution in [2.24, 2.45) is 0 Å². The molecule has 19 heavy (non-hydrogen) atoms. The zero-order valence-corrected chi connectivity index (χ0v) is 10.5. The first kappa shape index (κ1) is 11.8. The highest BCUT2D eigenvalue weighted by atomic mass is 32.1. The quantitative estimate of drug-likeness (QED) is 0.683. The van der Waals surface area contributed by atoms with E-state index in [-0.39, 0.29) is 10.4 Å². The van der Waals surface area contributed by atoms with Crippen molar-refractivity contribution in [3.63, 3.8) is 0 Å². The molecule has 94 valence electrons. The minimum atomic E-state index is -0.409. The number of hydrogen-bond acceptors (Lipinski definition) is 3. The number of benzene rings is 2. The Bertz CT molecular complexity index is 865. The summed E-state index contributed by atoms with van der Waals surface area (Å²) in [6, 6.07) is 12.2. The van der Waals surface area contributed by atoms with E-state index in [2.05, 4.69) is 0 Å². The predicted molar refractivity (Wildman–Crippen MR) is 73.7 cm³/mol. The van der Waals surface area contributed by atoms with Crippen LogP contribution in [0.25, 0.3) is 15.8 Å². The summed E-state index contributed by atoms with van der Waals surface area (Å²) in [4.78, 5) is 24.0. The van der Waals surface area contributed by atoms with Gasteiger partial charge in [-0.05, 0) is 36.4 Å². The van der Waals surface area contributed by atoms with Gasteiger partial charge in [0.15, 0.2) is 0 Å². The first-order valence-electron chi connectivity index (χ1n) is 5.58. The van der Waals surface area contributed by atoms with Gasteiger partial charge in [0.1, 0.15) is 5.82 Å². The molecule has 0 aliphatic heterocycles. The van der Waals surface area contributed by atoms with Crippen LogP contribution in [0.2, 0.25) is 0 Å². The highest BCUT2D eigenvalue weighted by Crippen LogP contribution is 2.13. The maximum absolute atomic E-state index is 12.9. The lowest BCUT2D eigenvalue weighted by Gasteiger charge is -2.05. The van der Waals surface area contributed by atoms with E-state index in [0.717, 1.165) is 15.9 Å². The van der Waals surface area contributed by atoms with Gasteiger partial charge in [-0.2, -0.15) is 0 Å². The average molecular weight is 273 g/mol. The number of halogens is 1. The molecule has 0 aliphatic rings. The molecule has 3 rings (SSSR count). The zero-order valence-electron chi connectivity index (χ0n) is 9.67. The maximum atomic E-state index is 12.9. The Labute approximate surface area is 111 Å². The first-order chi connectivity index (χ1) is 9.16. The van der Waals surface area contributed by atoms with Gasteiger partial charge in [0, 0.05) is 4.70 Å². The fraction of sp³-hybridized carbons (Fsp3) is 0. The molecule has 3 aromatic rings. The Morgan fingerprint density at radius 2 is 1.63 bits per heavy atom. The van der Waals surface area contributed by atoms with E-state index in [1.54, 1.807) is 24.3 Å². The van der Waals surface area contributed by atoms with E-state index in [1.807, 2.05) is 0 Å². The Hall–Kier alpha value is -2.27. The lowest BCUT2D eigenvalue weighted by molar-refractivity contribution is 0.627. The monoisotopic (exact) mass is 273 g/mol. The van der Waals surface area contributed by atoms with Crippen molar-refractivity contribution < 1.29 is 4.39 Å². The summed E-state index contributed by atoms with van der Waals surface area (Å²) in [5, 5.41) is 0.483. The fourth-order valence-electron chi connectivity index (χ4n) is 1.89. The van der Waals surface area contributed by atoms with Crippen LogP contribution in [-0.2, 0) is 0 Å². The van der Waals surface area contributed by atoms with Crippen LogP contribution in [0.3, 0.4) is 0 Å². The van der Waals surface area contributed by atoms with Gasteiger partial charge in [0.05, 0.1) is 11.1 Å². The second kappa shape index (κ2) is 4.44. The molecule has 1 aromatic heterocycles. The van der Waals surface area contributed by atoms with Crippen molar-refractivity contribution in [3.05, 3.63) is 74.4 Å². The van der Waals surface area contributed by atoms with Crippen LogP contribution in [-0.4, -0.2) is 4.57 Å². The molecule has 0 radical (unpaired) electrons. The van der Waals surface area contributed by atoms with Gasteiger partial charge in [0.25, 0.3) is 5.56 Å². The van der Waals surface area contributed by atoms with E-state index in [4.69, 9.17) is 0 Å². The molecule has 0 bridgehead atoms. The Balaban J connectivity index is 2.39. The van der Waals surface area contributed by atoms with E-state index >= 15 is 0 Å². The molecule has 0 amide bonds. The maximum Gasteiger partial charge on any atom is 0.315 e. The molecule has 0 N–H and O–H groups in total. The summed E-state index contributed by atoms with van der Waals surface area (Å²) in [5.41, 5.74) is -0.00985. The van der Waals surface area contributed by atoms with Gasteiger partial charge in [-0.3, -0.25) is 9.59 Å². The highest BCUT2D eigenvalue weighted by Gasteiger charge is 2.09. The molecule has 0 atom stereocenters. The molecule has 0 saturated heterocycles. The Morgan fingerprint density at radius 3 is 2.37 bits per heavy atom. The molecule has 2 aromatic carbocycles. The van der Waals surface area contributed by atoms with Crippen LogP contribution in [0.1, 0.15) is 0 Å². The molecule has 1 heterocycles. The molecule has 0 fully saturated rings. The number of nitrogens with zero attached hydrogens (tertiary/aromatic N) is 1. The van der Waals surface area contributed by atoms with Crippen LogP contribution < -0.4 is 10.4 Å². The lowest BCUT2D eigenvalue weighted by Crippen LogP contribution is -2.29. The SMILES string of the molecule is O=c1sc2ccccc2c(=O)n1-c1ccc(F)cc1. The van der Waals surface area contributed by atoms with Crippen molar-refractivity contribution in [2.45, 2.75) is 0 Å².